The number of thioether (sulfide) groups is 1. The van der Waals surface area contributed by atoms with Crippen LogP contribution in [-0.4, -0.2) is 29.4 Å². The summed E-state index contributed by atoms with van der Waals surface area (Å²) in [7, 11) is 0. The van der Waals surface area contributed by atoms with Crippen LogP contribution in [0.2, 0.25) is 0 Å². The molecule has 21 heavy (non-hydrogen) atoms. The highest BCUT2D eigenvalue weighted by Gasteiger charge is 2.15. The van der Waals surface area contributed by atoms with Crippen molar-refractivity contribution in [2.24, 2.45) is 5.92 Å². The van der Waals surface area contributed by atoms with Gasteiger partial charge >= 0.3 is 0 Å². The predicted molar refractivity (Wildman–Crippen MR) is 85.8 cm³/mol. The van der Waals surface area contributed by atoms with Gasteiger partial charge in [0.15, 0.2) is 0 Å². The van der Waals surface area contributed by atoms with Crippen molar-refractivity contribution in [3.8, 4) is 6.07 Å². The smallest absolute Gasteiger partial charge is 0.230 e. The van der Waals surface area contributed by atoms with Crippen molar-refractivity contribution in [3.63, 3.8) is 0 Å². The van der Waals surface area contributed by atoms with Gasteiger partial charge in [0, 0.05) is 18.4 Å². The third-order valence-corrected chi connectivity index (χ3v) is 4.18. The van der Waals surface area contributed by atoms with Gasteiger partial charge in [-0.15, -0.1) is 11.8 Å². The molecule has 5 heteroatoms. The highest BCUT2D eigenvalue weighted by Crippen LogP contribution is 2.13. The Hall–Kier alpha value is -1.51. The van der Waals surface area contributed by atoms with Crippen LogP contribution in [0.5, 0.6) is 0 Å². The fourth-order valence-corrected chi connectivity index (χ4v) is 2.70. The summed E-state index contributed by atoms with van der Waals surface area (Å²) < 4.78 is 0. The molecule has 0 aliphatic carbocycles. The van der Waals surface area contributed by atoms with Gasteiger partial charge in [-0.3, -0.25) is 4.79 Å². The number of amides is 1. The zero-order valence-electron chi connectivity index (χ0n) is 12.5. The lowest BCUT2D eigenvalue weighted by Crippen LogP contribution is -2.40. The monoisotopic (exact) mass is 306 g/mol. The van der Waals surface area contributed by atoms with Crippen molar-refractivity contribution in [1.82, 2.24) is 5.32 Å². The molecule has 0 radical (unpaired) electrons. The molecular formula is C16H22N2O2S. The molecule has 0 heterocycles. The third-order valence-electron chi connectivity index (χ3n) is 3.18. The molecule has 0 aliphatic rings. The minimum absolute atomic E-state index is 0.000736. The number of nitriles is 1. The largest absolute Gasteiger partial charge is 0.396 e. The summed E-state index contributed by atoms with van der Waals surface area (Å²) in [5, 5.41) is 20.7. The van der Waals surface area contributed by atoms with E-state index in [9.17, 15) is 4.79 Å². The van der Waals surface area contributed by atoms with Crippen molar-refractivity contribution in [2.75, 3.05) is 12.4 Å². The summed E-state index contributed by atoms with van der Waals surface area (Å²) in [5.41, 5.74) is 1.74. The van der Waals surface area contributed by atoms with Crippen molar-refractivity contribution in [2.45, 2.75) is 32.1 Å². The highest BCUT2D eigenvalue weighted by atomic mass is 32.2. The van der Waals surface area contributed by atoms with Crippen LogP contribution in [0.3, 0.4) is 0 Å². The van der Waals surface area contributed by atoms with Gasteiger partial charge in [0.05, 0.1) is 17.4 Å². The molecule has 1 atom stereocenters. The number of rotatable bonds is 8. The summed E-state index contributed by atoms with van der Waals surface area (Å²) >= 11 is 1.54. The minimum Gasteiger partial charge on any atom is -0.396 e. The van der Waals surface area contributed by atoms with Crippen LogP contribution >= 0.6 is 11.8 Å². The van der Waals surface area contributed by atoms with E-state index in [0.717, 1.165) is 11.3 Å². The number of nitrogens with one attached hydrogen (secondary N) is 1. The Morgan fingerprint density at radius 2 is 2.05 bits per heavy atom. The van der Waals surface area contributed by atoms with E-state index in [0.29, 0.717) is 23.7 Å². The topological polar surface area (TPSA) is 73.1 Å². The summed E-state index contributed by atoms with van der Waals surface area (Å²) in [6.07, 6.45) is 0.587. The van der Waals surface area contributed by atoms with E-state index in [1.165, 1.54) is 0 Å². The van der Waals surface area contributed by atoms with Crippen LogP contribution in [0.1, 0.15) is 31.4 Å². The van der Waals surface area contributed by atoms with E-state index in [2.05, 4.69) is 11.4 Å². The highest BCUT2D eigenvalue weighted by molar-refractivity contribution is 7.99. The van der Waals surface area contributed by atoms with Gasteiger partial charge in [0.1, 0.15) is 0 Å². The lowest BCUT2D eigenvalue weighted by atomic mass is 10.0. The molecule has 114 valence electrons. The molecule has 0 spiro atoms. The summed E-state index contributed by atoms with van der Waals surface area (Å²) in [5.74, 6) is 1.45. The number of hydrogen-bond donors (Lipinski definition) is 2. The molecule has 0 aromatic heterocycles. The molecule has 1 rings (SSSR count). The van der Waals surface area contributed by atoms with Gasteiger partial charge in [0.2, 0.25) is 5.91 Å². The number of nitrogens with zero attached hydrogens (tertiary/aromatic N) is 1. The fourth-order valence-electron chi connectivity index (χ4n) is 1.90. The van der Waals surface area contributed by atoms with Crippen LogP contribution in [0.4, 0.5) is 0 Å². The van der Waals surface area contributed by atoms with Crippen molar-refractivity contribution in [1.29, 1.82) is 5.26 Å². The van der Waals surface area contributed by atoms with Gasteiger partial charge in [-0.1, -0.05) is 26.0 Å². The summed E-state index contributed by atoms with van der Waals surface area (Å²) in [6, 6.07) is 9.49. The SMILES string of the molecule is CC(C)C(CCO)NC(=O)CSCc1ccc(C#N)cc1. The Morgan fingerprint density at radius 1 is 1.38 bits per heavy atom. The fraction of sp³-hybridized carbons (Fsp3) is 0.500. The average molecular weight is 306 g/mol. The van der Waals surface area contributed by atoms with E-state index < -0.39 is 0 Å². The second kappa shape index (κ2) is 9.43. The Labute approximate surface area is 130 Å². The van der Waals surface area contributed by atoms with Crippen LogP contribution in [0.15, 0.2) is 24.3 Å². The number of carbonyl (C=O) groups is 1. The molecule has 1 aromatic rings. The molecular weight excluding hydrogens is 284 g/mol. The first-order valence-corrected chi connectivity index (χ1v) is 8.19. The standard InChI is InChI=1S/C16H22N2O2S/c1-12(2)15(7-8-19)18-16(20)11-21-10-14-5-3-13(9-17)4-6-14/h3-6,12,15,19H,7-8,10-11H2,1-2H3,(H,18,20). The van der Waals surface area contributed by atoms with E-state index in [-0.39, 0.29) is 18.6 Å². The molecule has 0 saturated carbocycles. The molecule has 0 saturated heterocycles. The first-order chi connectivity index (χ1) is 10.1. The minimum atomic E-state index is 0.000736. The third kappa shape index (κ3) is 6.65. The van der Waals surface area contributed by atoms with Crippen LogP contribution < -0.4 is 5.32 Å². The first-order valence-electron chi connectivity index (χ1n) is 7.03. The van der Waals surface area contributed by atoms with Crippen LogP contribution in [-0.2, 0) is 10.5 Å². The lowest BCUT2D eigenvalue weighted by molar-refractivity contribution is -0.119. The Balaban J connectivity index is 2.33. The maximum Gasteiger partial charge on any atom is 0.230 e. The Morgan fingerprint density at radius 3 is 2.57 bits per heavy atom. The second-order valence-corrected chi connectivity index (χ2v) is 6.22. The number of aliphatic hydroxyl groups is 1. The second-order valence-electron chi connectivity index (χ2n) is 5.23. The van der Waals surface area contributed by atoms with Crippen molar-refractivity contribution in [3.05, 3.63) is 35.4 Å². The molecule has 2 N–H and O–H groups in total. The first kappa shape index (κ1) is 17.5. The molecule has 1 amide bonds. The molecule has 0 bridgehead atoms. The van der Waals surface area contributed by atoms with E-state index in [1.54, 1.807) is 23.9 Å². The predicted octanol–water partition coefficient (Wildman–Crippen LogP) is 2.31. The normalized spacial score (nSPS) is 12.0. The van der Waals surface area contributed by atoms with Gasteiger partial charge in [-0.2, -0.15) is 5.26 Å². The van der Waals surface area contributed by atoms with Crippen LogP contribution in [0, 0.1) is 17.2 Å². The number of aliphatic hydroxyl groups excluding tert-OH is 1. The molecule has 1 unspecified atom stereocenters. The number of carbonyl (C=O) groups excluding carboxylic acids is 1. The number of hydrogen-bond acceptors (Lipinski definition) is 4. The maximum atomic E-state index is 11.9. The van der Waals surface area contributed by atoms with E-state index in [4.69, 9.17) is 10.4 Å². The van der Waals surface area contributed by atoms with E-state index >= 15 is 0 Å². The molecule has 4 nitrogen and oxygen atoms in total. The van der Waals surface area contributed by atoms with Gasteiger partial charge in [0.25, 0.3) is 0 Å². The lowest BCUT2D eigenvalue weighted by Gasteiger charge is -2.21. The molecule has 1 aromatic carbocycles. The van der Waals surface area contributed by atoms with Gasteiger partial charge < -0.3 is 10.4 Å². The van der Waals surface area contributed by atoms with Crippen molar-refractivity contribution < 1.29 is 9.90 Å². The zero-order valence-corrected chi connectivity index (χ0v) is 13.3. The average Bonchev–Trinajstić information content (AvgIpc) is 2.47. The van der Waals surface area contributed by atoms with Crippen molar-refractivity contribution >= 4 is 17.7 Å². The zero-order chi connectivity index (χ0) is 15.7. The maximum absolute atomic E-state index is 11.9. The van der Waals surface area contributed by atoms with Gasteiger partial charge in [-0.05, 0) is 30.0 Å². The Bertz CT molecular complexity index is 480. The molecule has 0 fully saturated rings. The van der Waals surface area contributed by atoms with Crippen LogP contribution in [0.25, 0.3) is 0 Å². The number of benzene rings is 1. The van der Waals surface area contributed by atoms with E-state index in [1.807, 2.05) is 26.0 Å². The summed E-state index contributed by atoms with van der Waals surface area (Å²) in [6.45, 7) is 4.15. The van der Waals surface area contributed by atoms with Gasteiger partial charge in [-0.25, -0.2) is 0 Å². The quantitative estimate of drug-likeness (QED) is 0.773. The molecule has 0 aliphatic heterocycles. The summed E-state index contributed by atoms with van der Waals surface area (Å²) in [4.78, 5) is 11.9. The Kier molecular flexibility index (Phi) is 7.88.